The molecular formula is C11H11ClF4N2O. The topological polar surface area (TPSA) is 62.0 Å². The molecule has 19 heavy (non-hydrogen) atoms. The minimum absolute atomic E-state index is 0. The Morgan fingerprint density at radius 1 is 1.11 bits per heavy atom. The number of hydrogen-bond donors (Lipinski definition) is 3. The van der Waals surface area contributed by atoms with Crippen molar-refractivity contribution in [3.8, 4) is 0 Å². The van der Waals surface area contributed by atoms with E-state index in [-0.39, 0.29) is 36.4 Å². The molecule has 0 saturated heterocycles. The maximum absolute atomic E-state index is 13.6. The Balaban J connectivity index is 0.00000180. The first kappa shape index (κ1) is 15.7. The highest BCUT2D eigenvalue weighted by Crippen LogP contribution is 2.29. The quantitative estimate of drug-likeness (QED) is 0.461. The van der Waals surface area contributed by atoms with Gasteiger partial charge in [-0.1, -0.05) is 0 Å². The number of aromatic amines is 1. The lowest BCUT2D eigenvalue weighted by Crippen LogP contribution is -2.26. The van der Waals surface area contributed by atoms with Crippen molar-refractivity contribution in [3.05, 3.63) is 35.0 Å². The SMILES string of the molecule is Cl.NC(CO)Cc1c[nH]c2c(F)c(F)c(F)c(F)c12. The monoisotopic (exact) mass is 298 g/mol. The fourth-order valence-electron chi connectivity index (χ4n) is 1.81. The molecule has 0 aliphatic heterocycles. The van der Waals surface area contributed by atoms with Crippen LogP contribution in [0.2, 0.25) is 0 Å². The first-order chi connectivity index (χ1) is 8.47. The zero-order chi connectivity index (χ0) is 13.4. The van der Waals surface area contributed by atoms with E-state index in [0.29, 0.717) is 0 Å². The van der Waals surface area contributed by atoms with Crippen LogP contribution in [-0.4, -0.2) is 22.7 Å². The lowest BCUT2D eigenvalue weighted by atomic mass is 10.1. The third-order valence-electron chi connectivity index (χ3n) is 2.70. The lowest BCUT2D eigenvalue weighted by molar-refractivity contribution is 0.265. The molecule has 0 spiro atoms. The van der Waals surface area contributed by atoms with Gasteiger partial charge in [0.15, 0.2) is 23.3 Å². The molecule has 0 amide bonds. The Hall–Kier alpha value is -1.31. The van der Waals surface area contributed by atoms with Crippen molar-refractivity contribution in [3.63, 3.8) is 0 Å². The van der Waals surface area contributed by atoms with Gasteiger partial charge in [0.05, 0.1) is 12.1 Å². The Labute approximate surface area is 111 Å². The number of nitrogens with two attached hydrogens (primary N) is 1. The third-order valence-corrected chi connectivity index (χ3v) is 2.70. The number of halogens is 5. The smallest absolute Gasteiger partial charge is 0.199 e. The van der Waals surface area contributed by atoms with Crippen LogP contribution in [-0.2, 0) is 6.42 Å². The van der Waals surface area contributed by atoms with Gasteiger partial charge in [-0.3, -0.25) is 0 Å². The van der Waals surface area contributed by atoms with Crippen molar-refractivity contribution in [2.24, 2.45) is 5.73 Å². The molecule has 8 heteroatoms. The molecule has 0 fully saturated rings. The van der Waals surface area contributed by atoms with E-state index in [1.807, 2.05) is 0 Å². The highest BCUT2D eigenvalue weighted by atomic mass is 35.5. The fourth-order valence-corrected chi connectivity index (χ4v) is 1.81. The zero-order valence-corrected chi connectivity index (χ0v) is 10.3. The summed E-state index contributed by atoms with van der Waals surface area (Å²) in [6.45, 7) is -0.361. The van der Waals surface area contributed by atoms with E-state index in [1.54, 1.807) is 0 Å². The molecular weight excluding hydrogens is 288 g/mol. The van der Waals surface area contributed by atoms with Gasteiger partial charge in [0.25, 0.3) is 0 Å². The molecule has 0 radical (unpaired) electrons. The molecule has 4 N–H and O–H groups in total. The number of aromatic nitrogens is 1. The summed E-state index contributed by atoms with van der Waals surface area (Å²) in [4.78, 5) is 2.34. The molecule has 0 aliphatic rings. The summed E-state index contributed by atoms with van der Waals surface area (Å²) in [6, 6.07) is -0.695. The van der Waals surface area contributed by atoms with E-state index in [9.17, 15) is 17.6 Å². The van der Waals surface area contributed by atoms with Crippen molar-refractivity contribution in [2.45, 2.75) is 12.5 Å². The summed E-state index contributed by atoms with van der Waals surface area (Å²) < 4.78 is 53.1. The maximum Gasteiger partial charge on any atom is 0.199 e. The highest BCUT2D eigenvalue weighted by molar-refractivity contribution is 5.85. The van der Waals surface area contributed by atoms with Crippen LogP contribution in [0.25, 0.3) is 10.9 Å². The Kier molecular flexibility index (Phi) is 4.78. The van der Waals surface area contributed by atoms with Crippen LogP contribution >= 0.6 is 12.4 Å². The molecule has 0 bridgehead atoms. The van der Waals surface area contributed by atoms with E-state index in [0.717, 1.165) is 0 Å². The Bertz CT molecular complexity index is 602. The highest BCUT2D eigenvalue weighted by Gasteiger charge is 2.24. The zero-order valence-electron chi connectivity index (χ0n) is 9.51. The molecule has 2 aromatic rings. The third kappa shape index (κ3) is 2.54. The average molecular weight is 299 g/mol. The molecule has 106 valence electrons. The van der Waals surface area contributed by atoms with Gasteiger partial charge < -0.3 is 15.8 Å². The molecule has 1 aromatic carbocycles. The van der Waals surface area contributed by atoms with Crippen LogP contribution in [0.4, 0.5) is 17.6 Å². The van der Waals surface area contributed by atoms with E-state index < -0.39 is 34.8 Å². The predicted molar refractivity (Wildman–Crippen MR) is 64.1 cm³/mol. The van der Waals surface area contributed by atoms with E-state index in [1.165, 1.54) is 6.20 Å². The van der Waals surface area contributed by atoms with Gasteiger partial charge in [-0.15, -0.1) is 12.4 Å². The number of H-pyrrole nitrogens is 1. The summed E-state index contributed by atoms with van der Waals surface area (Å²) in [6.07, 6.45) is 1.23. The molecule has 3 nitrogen and oxygen atoms in total. The number of benzene rings is 1. The van der Waals surface area contributed by atoms with Gasteiger partial charge >= 0.3 is 0 Å². The summed E-state index contributed by atoms with van der Waals surface area (Å²) in [5.74, 6) is -6.67. The number of aliphatic hydroxyl groups is 1. The number of aliphatic hydroxyl groups excluding tert-OH is 1. The molecule has 1 unspecified atom stereocenters. The van der Waals surface area contributed by atoms with Crippen molar-refractivity contribution >= 4 is 23.3 Å². The van der Waals surface area contributed by atoms with Gasteiger partial charge in [-0.05, 0) is 12.0 Å². The van der Waals surface area contributed by atoms with Gasteiger partial charge in [0, 0.05) is 17.6 Å². The van der Waals surface area contributed by atoms with Crippen molar-refractivity contribution in [1.82, 2.24) is 4.98 Å². The molecule has 0 aliphatic carbocycles. The number of rotatable bonds is 3. The molecule has 1 atom stereocenters. The molecule has 1 heterocycles. The van der Waals surface area contributed by atoms with Crippen LogP contribution in [0.3, 0.4) is 0 Å². The second-order valence-electron chi connectivity index (χ2n) is 3.97. The van der Waals surface area contributed by atoms with Gasteiger partial charge in [0.2, 0.25) is 0 Å². The Morgan fingerprint density at radius 2 is 1.68 bits per heavy atom. The van der Waals surface area contributed by atoms with E-state index >= 15 is 0 Å². The minimum atomic E-state index is -1.86. The number of hydrogen-bond acceptors (Lipinski definition) is 2. The van der Waals surface area contributed by atoms with Crippen LogP contribution in [0.5, 0.6) is 0 Å². The van der Waals surface area contributed by atoms with Crippen molar-refractivity contribution in [2.75, 3.05) is 6.61 Å². The maximum atomic E-state index is 13.6. The summed E-state index contributed by atoms with van der Waals surface area (Å²) in [5, 5.41) is 8.41. The molecule has 1 aromatic heterocycles. The van der Waals surface area contributed by atoms with E-state index in [2.05, 4.69) is 4.98 Å². The first-order valence-electron chi connectivity index (χ1n) is 5.15. The first-order valence-corrected chi connectivity index (χ1v) is 5.15. The standard InChI is InChI=1S/C11H10F4N2O.ClH/c12-7-6-4(1-5(16)3-18)2-17-11(6)10(15)9(14)8(7)13;/h2,5,17-18H,1,3,16H2;1H. The van der Waals surface area contributed by atoms with Gasteiger partial charge in [-0.25, -0.2) is 17.6 Å². The Morgan fingerprint density at radius 3 is 2.26 bits per heavy atom. The van der Waals surface area contributed by atoms with Gasteiger partial charge in [0.1, 0.15) is 0 Å². The second kappa shape index (κ2) is 5.77. The van der Waals surface area contributed by atoms with Gasteiger partial charge in [-0.2, -0.15) is 0 Å². The lowest BCUT2D eigenvalue weighted by Gasteiger charge is -2.07. The molecule has 0 saturated carbocycles. The normalized spacial score (nSPS) is 12.5. The largest absolute Gasteiger partial charge is 0.395 e. The second-order valence-corrected chi connectivity index (χ2v) is 3.97. The van der Waals surface area contributed by atoms with Crippen LogP contribution in [0.15, 0.2) is 6.20 Å². The van der Waals surface area contributed by atoms with Crippen molar-refractivity contribution in [1.29, 1.82) is 0 Å². The fraction of sp³-hybridized carbons (Fsp3) is 0.273. The number of nitrogens with one attached hydrogen (secondary N) is 1. The molecule has 2 rings (SSSR count). The minimum Gasteiger partial charge on any atom is -0.395 e. The average Bonchev–Trinajstić information content (AvgIpc) is 2.77. The van der Waals surface area contributed by atoms with Crippen LogP contribution in [0.1, 0.15) is 5.56 Å². The van der Waals surface area contributed by atoms with Crippen LogP contribution in [0, 0.1) is 23.3 Å². The summed E-state index contributed by atoms with van der Waals surface area (Å²) in [5.41, 5.74) is 5.19. The van der Waals surface area contributed by atoms with Crippen LogP contribution < -0.4 is 5.73 Å². The van der Waals surface area contributed by atoms with E-state index in [4.69, 9.17) is 10.8 Å². The summed E-state index contributed by atoms with van der Waals surface area (Å²) in [7, 11) is 0. The van der Waals surface area contributed by atoms with Crippen molar-refractivity contribution < 1.29 is 22.7 Å². The number of fused-ring (bicyclic) bond motifs is 1. The predicted octanol–water partition coefficient (Wildman–Crippen LogP) is 2.01. The summed E-state index contributed by atoms with van der Waals surface area (Å²) >= 11 is 0.